The number of H-pyrrole nitrogens is 1. The van der Waals surface area contributed by atoms with Crippen LogP contribution in [0.4, 0.5) is 0 Å². The van der Waals surface area contributed by atoms with Crippen LogP contribution in [0.25, 0.3) is 11.3 Å². The average molecular weight is 467 g/mol. The highest BCUT2D eigenvalue weighted by molar-refractivity contribution is 14.0. The van der Waals surface area contributed by atoms with Gasteiger partial charge in [-0.15, -0.1) is 24.0 Å². The fourth-order valence-electron chi connectivity index (χ4n) is 3.65. The number of hydrogen-bond acceptors (Lipinski definition) is 3. The van der Waals surface area contributed by atoms with Crippen LogP contribution < -0.4 is 10.6 Å². The minimum Gasteiger partial charge on any atom is -0.373 e. The van der Waals surface area contributed by atoms with Crippen LogP contribution >= 0.6 is 24.0 Å². The van der Waals surface area contributed by atoms with Gasteiger partial charge in [-0.3, -0.25) is 0 Å². The van der Waals surface area contributed by atoms with E-state index in [0.29, 0.717) is 24.8 Å². The van der Waals surface area contributed by atoms with Crippen LogP contribution in [0.2, 0.25) is 0 Å². The molecule has 2 bridgehead atoms. The third-order valence-electron chi connectivity index (χ3n) is 4.87. The zero-order valence-corrected chi connectivity index (χ0v) is 17.3. The highest BCUT2D eigenvalue weighted by Gasteiger charge is 2.41. The fraction of sp³-hybridized carbons (Fsp3) is 0.474. The minimum atomic E-state index is 0. The first-order chi connectivity index (χ1) is 12.3. The molecule has 0 aliphatic carbocycles. The lowest BCUT2D eigenvalue weighted by molar-refractivity contribution is 0.0992. The summed E-state index contributed by atoms with van der Waals surface area (Å²) in [4.78, 5) is 12.5. The van der Waals surface area contributed by atoms with E-state index in [9.17, 15) is 0 Å². The highest BCUT2D eigenvalue weighted by atomic mass is 127. The van der Waals surface area contributed by atoms with E-state index in [4.69, 9.17) is 4.74 Å². The summed E-state index contributed by atoms with van der Waals surface area (Å²) in [6.45, 7) is 3.43. The van der Waals surface area contributed by atoms with Gasteiger partial charge in [-0.05, 0) is 31.7 Å². The fourth-order valence-corrected chi connectivity index (χ4v) is 3.65. The number of benzene rings is 1. The molecule has 3 N–H and O–H groups in total. The Morgan fingerprint density at radius 2 is 2.15 bits per heavy atom. The van der Waals surface area contributed by atoms with E-state index < -0.39 is 0 Å². The van der Waals surface area contributed by atoms with Gasteiger partial charge in [0.05, 0.1) is 30.1 Å². The molecule has 3 atom stereocenters. The van der Waals surface area contributed by atoms with Gasteiger partial charge in [0.2, 0.25) is 0 Å². The standard InChI is InChI=1S/C19H25N5O.HI/c1-2-20-19(24-15-10-14-8-9-17(15)25-14)22-12-18-21-11-16(23-18)13-6-4-3-5-7-13;/h3-7,11,14-15,17H,2,8-10,12H2,1H3,(H,21,23)(H2,20,22,24);1H. The number of nitrogens with one attached hydrogen (secondary N) is 3. The van der Waals surface area contributed by atoms with E-state index in [1.807, 2.05) is 24.4 Å². The van der Waals surface area contributed by atoms with Crippen LogP contribution in [0, 0.1) is 0 Å². The van der Waals surface area contributed by atoms with E-state index in [1.165, 1.54) is 6.42 Å². The van der Waals surface area contributed by atoms with Crippen molar-refractivity contribution in [3.63, 3.8) is 0 Å². The van der Waals surface area contributed by atoms with Crippen molar-refractivity contribution in [3.05, 3.63) is 42.4 Å². The molecular formula is C19H26IN5O. The topological polar surface area (TPSA) is 74.3 Å². The van der Waals surface area contributed by atoms with E-state index in [-0.39, 0.29) is 24.0 Å². The van der Waals surface area contributed by atoms with Crippen LogP contribution in [0.15, 0.2) is 41.5 Å². The van der Waals surface area contributed by atoms with Crippen LogP contribution in [0.3, 0.4) is 0 Å². The van der Waals surface area contributed by atoms with Crippen molar-refractivity contribution in [1.29, 1.82) is 0 Å². The van der Waals surface area contributed by atoms with E-state index >= 15 is 0 Å². The predicted octanol–water partition coefficient (Wildman–Crippen LogP) is 3.07. The molecule has 4 rings (SSSR count). The van der Waals surface area contributed by atoms with Gasteiger partial charge in [-0.25, -0.2) is 9.98 Å². The van der Waals surface area contributed by atoms with Crippen LogP contribution in [-0.4, -0.2) is 40.7 Å². The van der Waals surface area contributed by atoms with Gasteiger partial charge in [0.25, 0.3) is 0 Å². The second kappa shape index (κ2) is 8.85. The Hall–Kier alpha value is -1.61. The quantitative estimate of drug-likeness (QED) is 0.359. The molecule has 0 amide bonds. The molecule has 3 heterocycles. The Morgan fingerprint density at radius 3 is 2.85 bits per heavy atom. The number of nitrogens with zero attached hydrogens (tertiary/aromatic N) is 2. The van der Waals surface area contributed by atoms with Crippen molar-refractivity contribution in [2.75, 3.05) is 6.54 Å². The number of ether oxygens (including phenoxy) is 1. The molecule has 2 aromatic rings. The number of guanidine groups is 1. The maximum absolute atomic E-state index is 5.92. The first-order valence-electron chi connectivity index (χ1n) is 9.11. The lowest BCUT2D eigenvalue weighted by Crippen LogP contribution is -2.47. The van der Waals surface area contributed by atoms with Crippen LogP contribution in [0.1, 0.15) is 32.0 Å². The zero-order chi connectivity index (χ0) is 17.1. The van der Waals surface area contributed by atoms with Crippen molar-refractivity contribution in [3.8, 4) is 11.3 Å². The summed E-state index contributed by atoms with van der Waals surface area (Å²) in [6.07, 6.45) is 6.06. The molecule has 1 aromatic carbocycles. The number of halogens is 1. The average Bonchev–Trinajstić information content (AvgIpc) is 3.37. The second-order valence-corrected chi connectivity index (χ2v) is 6.67. The molecule has 6 nitrogen and oxygen atoms in total. The molecule has 3 unspecified atom stereocenters. The minimum absolute atomic E-state index is 0. The van der Waals surface area contributed by atoms with Crippen molar-refractivity contribution in [1.82, 2.24) is 20.6 Å². The van der Waals surface area contributed by atoms with Crippen molar-refractivity contribution in [2.24, 2.45) is 4.99 Å². The summed E-state index contributed by atoms with van der Waals surface area (Å²) in [5, 5.41) is 6.85. The third-order valence-corrected chi connectivity index (χ3v) is 4.87. The van der Waals surface area contributed by atoms with Gasteiger partial charge in [0, 0.05) is 6.54 Å². The summed E-state index contributed by atoms with van der Waals surface area (Å²) in [5.41, 5.74) is 2.15. The number of hydrogen-bond donors (Lipinski definition) is 3. The van der Waals surface area contributed by atoms with E-state index in [0.717, 1.165) is 42.4 Å². The molecule has 26 heavy (non-hydrogen) atoms. The van der Waals surface area contributed by atoms with Gasteiger partial charge in [-0.2, -0.15) is 0 Å². The summed E-state index contributed by atoms with van der Waals surface area (Å²) in [6, 6.07) is 10.6. The van der Waals surface area contributed by atoms with Gasteiger partial charge < -0.3 is 20.4 Å². The van der Waals surface area contributed by atoms with Gasteiger partial charge in [0.15, 0.2) is 5.96 Å². The van der Waals surface area contributed by atoms with Gasteiger partial charge in [-0.1, -0.05) is 30.3 Å². The lowest BCUT2D eigenvalue weighted by atomic mass is 9.96. The number of aromatic amines is 1. The molecule has 2 saturated heterocycles. The van der Waals surface area contributed by atoms with E-state index in [2.05, 4.69) is 44.7 Å². The zero-order valence-electron chi connectivity index (χ0n) is 14.9. The summed E-state index contributed by atoms with van der Waals surface area (Å²) < 4.78 is 5.92. The predicted molar refractivity (Wildman–Crippen MR) is 114 cm³/mol. The number of aromatic nitrogens is 2. The van der Waals surface area contributed by atoms with E-state index in [1.54, 1.807) is 0 Å². The van der Waals surface area contributed by atoms with Crippen molar-refractivity contribution < 1.29 is 4.74 Å². The molecule has 140 valence electrons. The molecule has 0 saturated carbocycles. The van der Waals surface area contributed by atoms with Crippen LogP contribution in [0.5, 0.6) is 0 Å². The molecule has 2 aliphatic heterocycles. The maximum atomic E-state index is 5.92. The largest absolute Gasteiger partial charge is 0.373 e. The smallest absolute Gasteiger partial charge is 0.192 e. The Balaban J connectivity index is 0.00000196. The number of aliphatic imine (C=N–C) groups is 1. The molecule has 2 aliphatic rings. The molecule has 0 spiro atoms. The summed E-state index contributed by atoms with van der Waals surface area (Å²) >= 11 is 0. The molecular weight excluding hydrogens is 441 g/mol. The van der Waals surface area contributed by atoms with Crippen molar-refractivity contribution in [2.45, 2.75) is 51.0 Å². The molecule has 7 heteroatoms. The number of fused-ring (bicyclic) bond motifs is 2. The normalized spacial score (nSPS) is 24.3. The Morgan fingerprint density at radius 1 is 1.31 bits per heavy atom. The number of rotatable bonds is 5. The van der Waals surface area contributed by atoms with Gasteiger partial charge in [0.1, 0.15) is 12.4 Å². The SMILES string of the molecule is CCNC(=NCc1ncc(-c2ccccc2)[nH]1)NC1CC2CCC1O2.I. The van der Waals surface area contributed by atoms with Gasteiger partial charge >= 0.3 is 0 Å². The number of imidazole rings is 1. The Kier molecular flexibility index (Phi) is 6.53. The first kappa shape index (κ1) is 19.2. The lowest BCUT2D eigenvalue weighted by Gasteiger charge is -2.22. The summed E-state index contributed by atoms with van der Waals surface area (Å²) in [7, 11) is 0. The molecule has 1 aromatic heterocycles. The van der Waals surface area contributed by atoms with Crippen LogP contribution in [-0.2, 0) is 11.3 Å². The molecule has 0 radical (unpaired) electrons. The Bertz CT molecular complexity index is 733. The summed E-state index contributed by atoms with van der Waals surface area (Å²) in [5.74, 6) is 1.70. The monoisotopic (exact) mass is 467 g/mol. The van der Waals surface area contributed by atoms with Crippen molar-refractivity contribution >= 4 is 29.9 Å². The Labute approximate surface area is 171 Å². The first-order valence-corrected chi connectivity index (χ1v) is 9.11. The highest BCUT2D eigenvalue weighted by Crippen LogP contribution is 2.34. The second-order valence-electron chi connectivity index (χ2n) is 6.67. The third kappa shape index (κ3) is 4.37. The molecule has 2 fully saturated rings. The maximum Gasteiger partial charge on any atom is 0.192 e.